The largest absolute Gasteiger partial charge is 0.378 e. The standard InChI is InChI=1S/C15H23N3O2/c16-11-12-4-6-13(7-5-12)18-15(19)17-9-8-14-3-1-2-10-20-14/h4-7,14H,1-3,8-11,16H2,(H2,17,18,19). The summed E-state index contributed by atoms with van der Waals surface area (Å²) in [4.78, 5) is 11.7. The molecule has 1 aromatic carbocycles. The molecule has 1 unspecified atom stereocenters. The highest BCUT2D eigenvalue weighted by atomic mass is 16.5. The van der Waals surface area contributed by atoms with Crippen molar-refractivity contribution in [3.8, 4) is 0 Å². The number of nitrogens with two attached hydrogens (primary N) is 1. The fourth-order valence-corrected chi connectivity index (χ4v) is 2.28. The van der Waals surface area contributed by atoms with Crippen molar-refractivity contribution in [1.29, 1.82) is 0 Å². The predicted octanol–water partition coefficient (Wildman–Crippen LogP) is 2.23. The van der Waals surface area contributed by atoms with Gasteiger partial charge in [-0.2, -0.15) is 0 Å². The summed E-state index contributed by atoms with van der Waals surface area (Å²) in [5.74, 6) is 0. The molecule has 110 valence electrons. The normalized spacial score (nSPS) is 18.6. The Bertz CT molecular complexity index is 414. The van der Waals surface area contributed by atoms with Gasteiger partial charge in [0.1, 0.15) is 0 Å². The second-order valence-corrected chi connectivity index (χ2v) is 5.06. The highest BCUT2D eigenvalue weighted by Crippen LogP contribution is 2.15. The minimum Gasteiger partial charge on any atom is -0.378 e. The topological polar surface area (TPSA) is 76.4 Å². The molecule has 1 aromatic rings. The van der Waals surface area contributed by atoms with Gasteiger partial charge in [-0.15, -0.1) is 0 Å². The molecule has 0 spiro atoms. The van der Waals surface area contributed by atoms with E-state index in [-0.39, 0.29) is 6.03 Å². The number of carbonyl (C=O) groups excluding carboxylic acids is 1. The predicted molar refractivity (Wildman–Crippen MR) is 79.6 cm³/mol. The van der Waals surface area contributed by atoms with Crippen LogP contribution in [0.4, 0.5) is 10.5 Å². The van der Waals surface area contributed by atoms with Gasteiger partial charge in [-0.1, -0.05) is 12.1 Å². The van der Waals surface area contributed by atoms with E-state index < -0.39 is 0 Å². The monoisotopic (exact) mass is 277 g/mol. The van der Waals surface area contributed by atoms with E-state index in [4.69, 9.17) is 10.5 Å². The molecule has 0 aromatic heterocycles. The summed E-state index contributed by atoms with van der Waals surface area (Å²) in [7, 11) is 0. The van der Waals surface area contributed by atoms with E-state index in [1.54, 1.807) is 0 Å². The average Bonchev–Trinajstić information content (AvgIpc) is 2.49. The van der Waals surface area contributed by atoms with E-state index in [1.807, 2.05) is 24.3 Å². The van der Waals surface area contributed by atoms with Crippen LogP contribution >= 0.6 is 0 Å². The minimum absolute atomic E-state index is 0.179. The Morgan fingerprint density at radius 2 is 2.10 bits per heavy atom. The van der Waals surface area contributed by atoms with Crippen LogP contribution in [0, 0.1) is 0 Å². The number of benzene rings is 1. The van der Waals surface area contributed by atoms with Crippen molar-refractivity contribution >= 4 is 11.7 Å². The summed E-state index contributed by atoms with van der Waals surface area (Å²) in [6.07, 6.45) is 4.66. The number of rotatable bonds is 5. The molecule has 1 fully saturated rings. The lowest BCUT2D eigenvalue weighted by atomic mass is 10.1. The van der Waals surface area contributed by atoms with Gasteiger partial charge in [-0.05, 0) is 43.4 Å². The van der Waals surface area contributed by atoms with Gasteiger partial charge in [0.2, 0.25) is 0 Å². The molecule has 0 bridgehead atoms. The molecule has 0 aliphatic carbocycles. The molecule has 5 heteroatoms. The lowest BCUT2D eigenvalue weighted by Crippen LogP contribution is -2.32. The molecule has 5 nitrogen and oxygen atoms in total. The maximum Gasteiger partial charge on any atom is 0.319 e. The summed E-state index contributed by atoms with van der Waals surface area (Å²) in [5.41, 5.74) is 7.34. The van der Waals surface area contributed by atoms with Crippen LogP contribution < -0.4 is 16.4 Å². The van der Waals surface area contributed by atoms with Crippen molar-refractivity contribution in [3.63, 3.8) is 0 Å². The van der Waals surface area contributed by atoms with E-state index in [9.17, 15) is 4.79 Å². The van der Waals surface area contributed by atoms with Gasteiger partial charge in [0.25, 0.3) is 0 Å². The van der Waals surface area contributed by atoms with Crippen molar-refractivity contribution in [2.75, 3.05) is 18.5 Å². The van der Waals surface area contributed by atoms with Crippen LogP contribution in [-0.4, -0.2) is 25.3 Å². The Labute approximate surface area is 119 Å². The second-order valence-electron chi connectivity index (χ2n) is 5.06. The van der Waals surface area contributed by atoms with E-state index in [1.165, 1.54) is 6.42 Å². The van der Waals surface area contributed by atoms with E-state index in [0.717, 1.165) is 37.1 Å². The number of hydrogen-bond donors (Lipinski definition) is 3. The molecule has 1 aliphatic rings. The fourth-order valence-electron chi connectivity index (χ4n) is 2.28. The van der Waals surface area contributed by atoms with Gasteiger partial charge in [-0.3, -0.25) is 0 Å². The first-order valence-electron chi connectivity index (χ1n) is 7.23. The van der Waals surface area contributed by atoms with Gasteiger partial charge < -0.3 is 21.1 Å². The van der Waals surface area contributed by atoms with Crippen LogP contribution in [0.5, 0.6) is 0 Å². The molecule has 4 N–H and O–H groups in total. The SMILES string of the molecule is NCc1ccc(NC(=O)NCCC2CCCCO2)cc1. The second kappa shape index (κ2) is 7.87. The van der Waals surface area contributed by atoms with E-state index in [0.29, 0.717) is 19.2 Å². The van der Waals surface area contributed by atoms with Crippen molar-refractivity contribution in [1.82, 2.24) is 5.32 Å². The number of carbonyl (C=O) groups is 1. The number of urea groups is 1. The van der Waals surface area contributed by atoms with Gasteiger partial charge in [-0.25, -0.2) is 4.79 Å². The third-order valence-electron chi connectivity index (χ3n) is 3.47. The maximum atomic E-state index is 11.7. The average molecular weight is 277 g/mol. The molecule has 1 heterocycles. The van der Waals surface area contributed by atoms with Gasteiger partial charge in [0, 0.05) is 25.4 Å². The zero-order chi connectivity index (χ0) is 14.2. The van der Waals surface area contributed by atoms with E-state index >= 15 is 0 Å². The third-order valence-corrected chi connectivity index (χ3v) is 3.47. The first-order chi connectivity index (χ1) is 9.78. The minimum atomic E-state index is -0.179. The molecule has 0 radical (unpaired) electrons. The summed E-state index contributed by atoms with van der Waals surface area (Å²) in [6, 6.07) is 7.34. The third kappa shape index (κ3) is 4.83. The number of hydrogen-bond acceptors (Lipinski definition) is 3. The Hall–Kier alpha value is -1.59. The van der Waals surface area contributed by atoms with Crippen molar-refractivity contribution < 1.29 is 9.53 Å². The summed E-state index contributed by atoms with van der Waals surface area (Å²) >= 11 is 0. The maximum absolute atomic E-state index is 11.7. The van der Waals surface area contributed by atoms with Crippen LogP contribution in [0.2, 0.25) is 0 Å². The number of ether oxygens (including phenoxy) is 1. The zero-order valence-corrected chi connectivity index (χ0v) is 11.7. The smallest absolute Gasteiger partial charge is 0.319 e. The van der Waals surface area contributed by atoms with E-state index in [2.05, 4.69) is 10.6 Å². The summed E-state index contributed by atoms with van der Waals surface area (Å²) < 4.78 is 5.62. The lowest BCUT2D eigenvalue weighted by Gasteiger charge is -2.22. The molecule has 1 atom stereocenters. The lowest BCUT2D eigenvalue weighted by molar-refractivity contribution is 0.0120. The van der Waals surface area contributed by atoms with Crippen LogP contribution in [0.15, 0.2) is 24.3 Å². The molecule has 2 rings (SSSR count). The summed E-state index contributed by atoms with van der Waals surface area (Å²) in [6.45, 7) is 2.00. The van der Waals surface area contributed by atoms with Gasteiger partial charge >= 0.3 is 6.03 Å². The van der Waals surface area contributed by atoms with Crippen LogP contribution in [0.1, 0.15) is 31.2 Å². The quantitative estimate of drug-likeness (QED) is 0.772. The molecule has 20 heavy (non-hydrogen) atoms. The highest BCUT2D eigenvalue weighted by molar-refractivity contribution is 5.89. The first-order valence-corrected chi connectivity index (χ1v) is 7.23. The molecule has 0 saturated carbocycles. The van der Waals surface area contributed by atoms with Crippen LogP contribution in [0.25, 0.3) is 0 Å². The van der Waals surface area contributed by atoms with Crippen LogP contribution in [0.3, 0.4) is 0 Å². The Morgan fingerprint density at radius 1 is 1.30 bits per heavy atom. The molecule has 1 aliphatic heterocycles. The Morgan fingerprint density at radius 3 is 2.75 bits per heavy atom. The van der Waals surface area contributed by atoms with Gasteiger partial charge in [0.15, 0.2) is 0 Å². The van der Waals surface area contributed by atoms with Crippen molar-refractivity contribution in [2.24, 2.45) is 5.73 Å². The Balaban J connectivity index is 1.66. The fraction of sp³-hybridized carbons (Fsp3) is 0.533. The summed E-state index contributed by atoms with van der Waals surface area (Å²) in [5, 5.41) is 5.65. The van der Waals surface area contributed by atoms with Crippen molar-refractivity contribution in [3.05, 3.63) is 29.8 Å². The number of anilines is 1. The molecule has 2 amide bonds. The number of nitrogens with one attached hydrogen (secondary N) is 2. The highest BCUT2D eigenvalue weighted by Gasteiger charge is 2.13. The zero-order valence-electron chi connectivity index (χ0n) is 11.7. The van der Waals surface area contributed by atoms with Crippen LogP contribution in [-0.2, 0) is 11.3 Å². The first kappa shape index (κ1) is 14.8. The van der Waals surface area contributed by atoms with Gasteiger partial charge in [0.05, 0.1) is 6.10 Å². The van der Waals surface area contributed by atoms with Crippen molar-refractivity contribution in [2.45, 2.75) is 38.3 Å². The Kier molecular flexibility index (Phi) is 5.83. The molecular formula is C15H23N3O2. The number of amides is 2. The molecular weight excluding hydrogens is 254 g/mol. The molecule has 1 saturated heterocycles.